The summed E-state index contributed by atoms with van der Waals surface area (Å²) in [7, 11) is 0. The normalized spacial score (nSPS) is 16.9. The highest BCUT2D eigenvalue weighted by Gasteiger charge is 2.44. The van der Waals surface area contributed by atoms with Crippen molar-refractivity contribution in [3.63, 3.8) is 0 Å². The number of aliphatic carboxylic acids is 1. The summed E-state index contributed by atoms with van der Waals surface area (Å²) in [5, 5.41) is 21.1. The number of carbonyl (C=O) groups is 2. The lowest BCUT2D eigenvalue weighted by Gasteiger charge is -2.37. The highest BCUT2D eigenvalue weighted by atomic mass is 32.1. The fraction of sp³-hybridized carbons (Fsp3) is 0.625. The molecule has 0 spiro atoms. The van der Waals surface area contributed by atoms with E-state index in [1.165, 1.54) is 0 Å². The Hall–Kier alpha value is -1.77. The van der Waals surface area contributed by atoms with Gasteiger partial charge in [0.2, 0.25) is 5.13 Å². The molecule has 0 saturated heterocycles. The number of aromatic nitrogens is 3. The van der Waals surface area contributed by atoms with Gasteiger partial charge in [0.25, 0.3) is 0 Å². The standard InChI is InChI=1S/C8H11N5O3S/c14-5(15)8(2-1-3-8)4-9-6(16)10-7-11-12-13-17-7/h1-4H2,(H,14,15)(H2,9,10,11,13,16). The largest absolute Gasteiger partial charge is 0.481 e. The van der Waals surface area contributed by atoms with Gasteiger partial charge in [-0.3, -0.25) is 10.1 Å². The molecule has 1 fully saturated rings. The zero-order valence-electron chi connectivity index (χ0n) is 8.84. The third-order valence-corrected chi connectivity index (χ3v) is 3.38. The fourth-order valence-electron chi connectivity index (χ4n) is 1.64. The Balaban J connectivity index is 1.82. The predicted molar refractivity (Wildman–Crippen MR) is 58.6 cm³/mol. The number of nitrogens with one attached hydrogen (secondary N) is 2. The van der Waals surface area contributed by atoms with Gasteiger partial charge in [0.05, 0.1) is 5.41 Å². The van der Waals surface area contributed by atoms with E-state index in [2.05, 4.69) is 25.4 Å². The molecule has 1 saturated carbocycles. The Bertz CT molecular complexity index is 417. The maximum Gasteiger partial charge on any atom is 0.321 e. The molecule has 2 amide bonds. The molecule has 1 aromatic heterocycles. The van der Waals surface area contributed by atoms with Crippen LogP contribution in [0.3, 0.4) is 0 Å². The number of rotatable bonds is 4. The molecule has 1 aliphatic rings. The van der Waals surface area contributed by atoms with Gasteiger partial charge in [-0.2, -0.15) is 0 Å². The van der Waals surface area contributed by atoms with Gasteiger partial charge >= 0.3 is 12.0 Å². The van der Waals surface area contributed by atoms with Crippen LogP contribution < -0.4 is 10.6 Å². The van der Waals surface area contributed by atoms with Gasteiger partial charge in [-0.25, -0.2) is 4.79 Å². The molecule has 1 aliphatic carbocycles. The van der Waals surface area contributed by atoms with Gasteiger partial charge in [-0.15, -0.1) is 0 Å². The minimum atomic E-state index is -0.860. The zero-order chi connectivity index (χ0) is 12.3. The van der Waals surface area contributed by atoms with Crippen LogP contribution in [0.5, 0.6) is 0 Å². The van der Waals surface area contributed by atoms with Crippen molar-refractivity contribution in [3.05, 3.63) is 0 Å². The third kappa shape index (κ3) is 2.49. The van der Waals surface area contributed by atoms with Crippen molar-refractivity contribution in [2.75, 3.05) is 11.9 Å². The van der Waals surface area contributed by atoms with Crippen molar-refractivity contribution in [1.82, 2.24) is 20.1 Å². The number of hydrogen-bond acceptors (Lipinski definition) is 6. The highest BCUT2D eigenvalue weighted by molar-refractivity contribution is 7.09. The van der Waals surface area contributed by atoms with Crippen molar-refractivity contribution >= 4 is 28.7 Å². The van der Waals surface area contributed by atoms with Gasteiger partial charge in [-0.05, 0) is 18.1 Å². The lowest BCUT2D eigenvalue weighted by Crippen LogP contribution is -2.48. The van der Waals surface area contributed by atoms with Crippen molar-refractivity contribution in [3.8, 4) is 0 Å². The van der Waals surface area contributed by atoms with Crippen LogP contribution in [0.15, 0.2) is 0 Å². The van der Waals surface area contributed by atoms with Crippen molar-refractivity contribution < 1.29 is 14.7 Å². The average molecular weight is 257 g/mol. The number of carbonyl (C=O) groups excluding carboxylic acids is 1. The Morgan fingerprint density at radius 2 is 2.24 bits per heavy atom. The van der Waals surface area contributed by atoms with E-state index in [1.807, 2.05) is 0 Å². The second-order valence-electron chi connectivity index (χ2n) is 3.91. The van der Waals surface area contributed by atoms with E-state index < -0.39 is 17.4 Å². The average Bonchev–Trinajstić information content (AvgIpc) is 2.68. The first kappa shape index (κ1) is 11.7. The quantitative estimate of drug-likeness (QED) is 0.714. The van der Waals surface area contributed by atoms with Gasteiger partial charge < -0.3 is 10.4 Å². The van der Waals surface area contributed by atoms with E-state index >= 15 is 0 Å². The molecule has 1 heterocycles. The molecule has 0 aliphatic heterocycles. The summed E-state index contributed by atoms with van der Waals surface area (Å²) in [5.74, 6) is -0.860. The Labute approximate surface area is 101 Å². The SMILES string of the molecule is O=C(NCC1(C(=O)O)CCC1)Nc1nnns1. The van der Waals surface area contributed by atoms with Gasteiger partial charge in [0.15, 0.2) is 0 Å². The highest BCUT2D eigenvalue weighted by Crippen LogP contribution is 2.40. The van der Waals surface area contributed by atoms with Crippen LogP contribution in [0.2, 0.25) is 0 Å². The van der Waals surface area contributed by atoms with Crippen LogP contribution in [0.25, 0.3) is 0 Å². The first-order valence-electron chi connectivity index (χ1n) is 5.06. The summed E-state index contributed by atoms with van der Waals surface area (Å²) in [6, 6.07) is -0.490. The molecule has 0 unspecified atom stereocenters. The van der Waals surface area contributed by atoms with Gasteiger partial charge in [0.1, 0.15) is 0 Å². The lowest BCUT2D eigenvalue weighted by molar-refractivity contribution is -0.153. The van der Waals surface area contributed by atoms with E-state index in [0.717, 1.165) is 18.0 Å². The first-order valence-corrected chi connectivity index (χ1v) is 5.83. The fourth-order valence-corrected chi connectivity index (χ4v) is 2.00. The second-order valence-corrected chi connectivity index (χ2v) is 4.65. The summed E-state index contributed by atoms with van der Waals surface area (Å²) in [6.45, 7) is 0.125. The molecule has 92 valence electrons. The van der Waals surface area contributed by atoms with Crippen LogP contribution >= 0.6 is 11.5 Å². The number of hydrogen-bond donors (Lipinski definition) is 3. The van der Waals surface area contributed by atoms with E-state index in [-0.39, 0.29) is 11.7 Å². The van der Waals surface area contributed by atoms with Crippen molar-refractivity contribution in [2.24, 2.45) is 5.41 Å². The van der Waals surface area contributed by atoms with Crippen LogP contribution in [-0.2, 0) is 4.79 Å². The van der Waals surface area contributed by atoms with E-state index in [4.69, 9.17) is 5.11 Å². The molecular formula is C8H11N5O3S. The molecule has 0 radical (unpaired) electrons. The monoisotopic (exact) mass is 257 g/mol. The first-order chi connectivity index (χ1) is 8.12. The molecule has 8 nitrogen and oxygen atoms in total. The van der Waals surface area contributed by atoms with Gasteiger partial charge in [-0.1, -0.05) is 16.0 Å². The summed E-state index contributed by atoms with van der Waals surface area (Å²) in [6.07, 6.45) is 2.09. The summed E-state index contributed by atoms with van der Waals surface area (Å²) in [5.41, 5.74) is -0.795. The Morgan fingerprint density at radius 3 is 2.71 bits per heavy atom. The molecule has 0 bridgehead atoms. The minimum Gasteiger partial charge on any atom is -0.481 e. The van der Waals surface area contributed by atoms with Crippen molar-refractivity contribution in [1.29, 1.82) is 0 Å². The van der Waals surface area contributed by atoms with Crippen LogP contribution in [-0.4, -0.2) is 38.5 Å². The number of carboxylic acids is 1. The molecule has 9 heteroatoms. The number of urea groups is 1. The molecular weight excluding hydrogens is 246 g/mol. The number of carboxylic acid groups (broad SMARTS) is 1. The Morgan fingerprint density at radius 1 is 1.47 bits per heavy atom. The zero-order valence-corrected chi connectivity index (χ0v) is 9.66. The van der Waals surface area contributed by atoms with Crippen LogP contribution in [0.1, 0.15) is 19.3 Å². The Kier molecular flexibility index (Phi) is 3.18. The molecule has 3 N–H and O–H groups in total. The molecule has 0 aromatic carbocycles. The lowest BCUT2D eigenvalue weighted by atomic mass is 9.69. The molecule has 0 atom stereocenters. The molecule has 17 heavy (non-hydrogen) atoms. The smallest absolute Gasteiger partial charge is 0.321 e. The van der Waals surface area contributed by atoms with Crippen LogP contribution in [0, 0.1) is 5.41 Å². The number of amides is 2. The maximum atomic E-state index is 11.4. The minimum absolute atomic E-state index is 0.125. The van der Waals surface area contributed by atoms with E-state index in [9.17, 15) is 9.59 Å². The topological polar surface area (TPSA) is 117 Å². The molecule has 1 aromatic rings. The molecule has 2 rings (SSSR count). The number of nitrogens with zero attached hydrogens (tertiary/aromatic N) is 3. The van der Waals surface area contributed by atoms with Crippen molar-refractivity contribution in [2.45, 2.75) is 19.3 Å². The predicted octanol–water partition coefficient (Wildman–Crippen LogP) is 0.309. The van der Waals surface area contributed by atoms with E-state index in [0.29, 0.717) is 12.8 Å². The number of anilines is 1. The summed E-state index contributed by atoms with van der Waals surface area (Å²) >= 11 is 0.950. The summed E-state index contributed by atoms with van der Waals surface area (Å²) < 4.78 is 3.48. The second kappa shape index (κ2) is 4.62. The maximum absolute atomic E-state index is 11.4. The third-order valence-electron chi connectivity index (χ3n) is 2.87. The summed E-state index contributed by atoms with van der Waals surface area (Å²) in [4.78, 5) is 22.4. The van der Waals surface area contributed by atoms with E-state index in [1.54, 1.807) is 0 Å². The van der Waals surface area contributed by atoms with Crippen LogP contribution in [0.4, 0.5) is 9.93 Å². The van der Waals surface area contributed by atoms with Gasteiger partial charge in [0, 0.05) is 18.1 Å².